The summed E-state index contributed by atoms with van der Waals surface area (Å²) in [6.07, 6.45) is 1.99. The van der Waals surface area contributed by atoms with E-state index in [1.807, 2.05) is 59.7 Å². The molecule has 7 heteroatoms. The minimum Gasteiger partial charge on any atom is -0.463 e. The summed E-state index contributed by atoms with van der Waals surface area (Å²) < 4.78 is 8.16. The third-order valence-corrected chi connectivity index (χ3v) is 6.76. The lowest BCUT2D eigenvalue weighted by Gasteiger charge is -2.38. The van der Waals surface area contributed by atoms with Gasteiger partial charge in [0, 0.05) is 41.1 Å². The van der Waals surface area contributed by atoms with E-state index in [0.29, 0.717) is 22.2 Å². The highest BCUT2D eigenvalue weighted by atomic mass is 35.5. The number of aromatic nitrogens is 1. The molecule has 3 heterocycles. The highest BCUT2D eigenvalue weighted by Gasteiger charge is 2.43. The van der Waals surface area contributed by atoms with E-state index in [1.165, 1.54) is 0 Å². The summed E-state index contributed by atoms with van der Waals surface area (Å²) in [6.45, 7) is 1.55. The molecule has 1 aromatic heterocycles. The first-order valence-electron chi connectivity index (χ1n) is 10.7. The van der Waals surface area contributed by atoms with Crippen LogP contribution < -0.4 is 4.74 Å². The molecule has 2 aliphatic rings. The molecule has 2 aliphatic heterocycles. The Labute approximate surface area is 200 Å². The molecular formula is C26H19Cl2N3O2. The summed E-state index contributed by atoms with van der Waals surface area (Å²) in [5, 5.41) is 8.94. The van der Waals surface area contributed by atoms with Gasteiger partial charge in [-0.05, 0) is 23.8 Å². The van der Waals surface area contributed by atoms with E-state index < -0.39 is 6.23 Å². The third kappa shape index (κ3) is 3.23. The Balaban J connectivity index is 1.56. The molecular weight excluding hydrogens is 457 g/mol. The first-order chi connectivity index (χ1) is 16.0. The van der Waals surface area contributed by atoms with Gasteiger partial charge in [-0.15, -0.1) is 0 Å². The summed E-state index contributed by atoms with van der Waals surface area (Å²) in [7, 11) is 0. The van der Waals surface area contributed by atoms with Gasteiger partial charge in [0.15, 0.2) is 0 Å². The van der Waals surface area contributed by atoms with Crippen LogP contribution in [-0.4, -0.2) is 21.2 Å². The van der Waals surface area contributed by atoms with Gasteiger partial charge in [-0.2, -0.15) is 5.10 Å². The number of benzene rings is 3. The first-order valence-corrected chi connectivity index (χ1v) is 11.4. The quantitative estimate of drug-likeness (QED) is 0.318. The van der Waals surface area contributed by atoms with Crippen molar-refractivity contribution in [1.82, 2.24) is 9.58 Å². The molecule has 0 unspecified atom stereocenters. The topological polar surface area (TPSA) is 46.8 Å². The molecule has 2 atom stereocenters. The molecule has 3 aromatic carbocycles. The summed E-state index contributed by atoms with van der Waals surface area (Å²) in [6, 6.07) is 21.4. The van der Waals surface area contributed by atoms with E-state index in [4.69, 9.17) is 33.0 Å². The third-order valence-electron chi connectivity index (χ3n) is 6.26. The molecule has 0 N–H and O–H groups in total. The number of ether oxygens (including phenoxy) is 1. The molecule has 0 amide bonds. The first kappa shape index (κ1) is 20.3. The monoisotopic (exact) mass is 475 g/mol. The number of hydrogen-bond donors (Lipinski definition) is 0. The maximum atomic E-state index is 12.4. The lowest BCUT2D eigenvalue weighted by atomic mass is 9.96. The molecule has 0 saturated carbocycles. The van der Waals surface area contributed by atoms with Crippen LogP contribution in [0.4, 0.5) is 0 Å². The molecule has 0 fully saturated rings. The SMILES string of the molecule is CC(=O)n1cc([C@@H]2Oc3c(Cl)cc(Cl)cc3[C@H]3CC(c4ccccc4)=NN32)c2ccccc21. The lowest BCUT2D eigenvalue weighted by Crippen LogP contribution is -2.33. The zero-order valence-corrected chi connectivity index (χ0v) is 19.2. The van der Waals surface area contributed by atoms with Gasteiger partial charge in [-0.25, -0.2) is 5.01 Å². The number of fused-ring (bicyclic) bond motifs is 4. The largest absolute Gasteiger partial charge is 0.463 e. The Morgan fingerprint density at radius 3 is 2.58 bits per heavy atom. The molecule has 5 nitrogen and oxygen atoms in total. The Kier molecular flexibility index (Phi) is 4.71. The van der Waals surface area contributed by atoms with Crippen LogP contribution in [0.25, 0.3) is 10.9 Å². The second kappa shape index (κ2) is 7.65. The van der Waals surface area contributed by atoms with Crippen LogP contribution in [-0.2, 0) is 0 Å². The van der Waals surface area contributed by atoms with Crippen molar-refractivity contribution in [3.8, 4) is 5.75 Å². The Bertz CT molecular complexity index is 1440. The van der Waals surface area contributed by atoms with E-state index in [0.717, 1.165) is 33.3 Å². The number of hydrazone groups is 1. The second-order valence-corrected chi connectivity index (χ2v) is 9.12. The standard InChI is InChI=1S/C26H19Cl2N3O2/c1-15(32)30-14-20(18-9-5-6-10-23(18)30)26-31-24(13-22(29-31)16-7-3-2-4-8-16)19-11-17(27)12-21(28)25(19)33-26/h2-12,14,24,26H,13H2,1H3/t24-,26+/m1/s1. The van der Waals surface area contributed by atoms with Crippen molar-refractivity contribution in [3.63, 3.8) is 0 Å². The van der Waals surface area contributed by atoms with E-state index in [2.05, 4.69) is 12.1 Å². The van der Waals surface area contributed by atoms with Gasteiger partial charge in [0.2, 0.25) is 12.1 Å². The second-order valence-electron chi connectivity index (χ2n) is 8.28. The average molecular weight is 476 g/mol. The van der Waals surface area contributed by atoms with Crippen molar-refractivity contribution in [2.45, 2.75) is 25.6 Å². The lowest BCUT2D eigenvalue weighted by molar-refractivity contribution is -0.0180. The highest BCUT2D eigenvalue weighted by Crippen LogP contribution is 2.51. The van der Waals surface area contributed by atoms with Gasteiger partial charge >= 0.3 is 0 Å². The zero-order chi connectivity index (χ0) is 22.7. The Hall–Kier alpha value is -3.28. The summed E-state index contributed by atoms with van der Waals surface area (Å²) in [5.41, 5.74) is 4.63. The number of rotatable bonds is 2. The normalized spacial score (nSPS) is 19.1. The van der Waals surface area contributed by atoms with Crippen LogP contribution >= 0.6 is 23.2 Å². The Morgan fingerprint density at radius 1 is 1.03 bits per heavy atom. The fourth-order valence-corrected chi connectivity index (χ4v) is 5.34. The number of para-hydroxylation sites is 1. The molecule has 4 aromatic rings. The zero-order valence-electron chi connectivity index (χ0n) is 17.7. The fraction of sp³-hybridized carbons (Fsp3) is 0.154. The minimum absolute atomic E-state index is 0.0649. The number of halogens is 2. The van der Waals surface area contributed by atoms with Gasteiger partial charge in [-0.1, -0.05) is 71.7 Å². The van der Waals surface area contributed by atoms with Crippen LogP contribution in [0.5, 0.6) is 5.75 Å². The average Bonchev–Trinajstić information content (AvgIpc) is 3.42. The predicted octanol–water partition coefficient (Wildman–Crippen LogP) is 6.85. The maximum absolute atomic E-state index is 12.4. The molecule has 0 aliphatic carbocycles. The minimum atomic E-state index is -0.548. The van der Waals surface area contributed by atoms with Gasteiger partial charge in [0.05, 0.1) is 22.3 Å². The highest BCUT2D eigenvalue weighted by molar-refractivity contribution is 6.35. The molecule has 0 saturated heterocycles. The molecule has 0 bridgehead atoms. The van der Waals surface area contributed by atoms with Crippen LogP contribution in [0, 0.1) is 0 Å². The van der Waals surface area contributed by atoms with Crippen LogP contribution in [0.15, 0.2) is 78.0 Å². The summed E-state index contributed by atoms with van der Waals surface area (Å²) >= 11 is 13.0. The number of nitrogens with zero attached hydrogens (tertiary/aromatic N) is 3. The summed E-state index contributed by atoms with van der Waals surface area (Å²) in [5.74, 6) is 0.543. The van der Waals surface area contributed by atoms with Crippen LogP contribution in [0.1, 0.15) is 47.1 Å². The van der Waals surface area contributed by atoms with Crippen molar-refractivity contribution >= 4 is 45.7 Å². The van der Waals surface area contributed by atoms with Gasteiger partial charge < -0.3 is 4.74 Å². The fourth-order valence-electron chi connectivity index (χ4n) is 4.79. The number of carbonyl (C=O) groups is 1. The maximum Gasteiger partial charge on any atom is 0.227 e. The van der Waals surface area contributed by atoms with Crippen molar-refractivity contribution in [3.05, 3.63) is 99.7 Å². The molecule has 33 heavy (non-hydrogen) atoms. The number of hydrogen-bond acceptors (Lipinski definition) is 4. The van der Waals surface area contributed by atoms with Crippen molar-refractivity contribution in [1.29, 1.82) is 0 Å². The van der Waals surface area contributed by atoms with E-state index in [9.17, 15) is 4.79 Å². The summed E-state index contributed by atoms with van der Waals surface area (Å²) in [4.78, 5) is 12.4. The molecule has 164 valence electrons. The predicted molar refractivity (Wildman–Crippen MR) is 130 cm³/mol. The van der Waals surface area contributed by atoms with Crippen molar-refractivity contribution in [2.75, 3.05) is 0 Å². The van der Waals surface area contributed by atoms with E-state index in [-0.39, 0.29) is 11.9 Å². The molecule has 0 radical (unpaired) electrons. The van der Waals surface area contributed by atoms with Crippen molar-refractivity contribution in [2.24, 2.45) is 5.10 Å². The van der Waals surface area contributed by atoms with Crippen LogP contribution in [0.3, 0.4) is 0 Å². The Morgan fingerprint density at radius 2 is 1.79 bits per heavy atom. The van der Waals surface area contributed by atoms with Crippen molar-refractivity contribution < 1.29 is 9.53 Å². The van der Waals surface area contributed by atoms with Gasteiger partial charge in [0.25, 0.3) is 0 Å². The van der Waals surface area contributed by atoms with Gasteiger partial charge in [0.1, 0.15) is 5.75 Å². The van der Waals surface area contributed by atoms with E-state index in [1.54, 1.807) is 17.6 Å². The smallest absolute Gasteiger partial charge is 0.227 e. The van der Waals surface area contributed by atoms with Gasteiger partial charge in [-0.3, -0.25) is 9.36 Å². The number of carbonyl (C=O) groups excluding carboxylic acids is 1. The molecule has 6 rings (SSSR count). The molecule has 0 spiro atoms. The van der Waals surface area contributed by atoms with Crippen LogP contribution in [0.2, 0.25) is 10.0 Å². The van der Waals surface area contributed by atoms with E-state index >= 15 is 0 Å².